The number of aromatic nitrogens is 2. The Morgan fingerprint density at radius 1 is 1.21 bits per heavy atom. The monoisotopic (exact) mass is 392 g/mol. The molecule has 154 valence electrons. The van der Waals surface area contributed by atoms with Gasteiger partial charge in [0, 0.05) is 50.2 Å². The third-order valence-corrected chi connectivity index (χ3v) is 5.56. The first-order valence-corrected chi connectivity index (χ1v) is 9.94. The maximum atomic E-state index is 14.2. The second-order valence-electron chi connectivity index (χ2n) is 7.50. The summed E-state index contributed by atoms with van der Waals surface area (Å²) in [5.74, 6) is -1.19. The maximum absolute atomic E-state index is 14.2. The highest BCUT2D eigenvalue weighted by molar-refractivity contribution is 5.38. The maximum Gasteiger partial charge on any atom is 0.151 e. The fraction of sp³-hybridized carbons (Fsp3) is 0.571. The lowest BCUT2D eigenvalue weighted by atomic mass is 10.0. The molecule has 28 heavy (non-hydrogen) atoms. The van der Waals surface area contributed by atoms with Gasteiger partial charge in [-0.2, -0.15) is 5.10 Å². The minimum absolute atomic E-state index is 0.276. The van der Waals surface area contributed by atoms with Crippen molar-refractivity contribution in [2.45, 2.75) is 45.7 Å². The molecule has 2 aromatic rings. The number of likely N-dealkylation sites (tertiary alicyclic amines) is 1. The average molecular weight is 392 g/mol. The third kappa shape index (κ3) is 4.96. The van der Waals surface area contributed by atoms with Crippen LogP contribution in [0.4, 0.5) is 8.78 Å². The topological polar surface area (TPSA) is 42.3 Å². The molecule has 1 aromatic carbocycles. The second kappa shape index (κ2) is 9.58. The number of methoxy groups -OCH3 is 1. The van der Waals surface area contributed by atoms with Crippen LogP contribution in [-0.2, 0) is 11.3 Å². The molecule has 2 heterocycles. The minimum Gasteiger partial charge on any atom is -0.385 e. The van der Waals surface area contributed by atoms with E-state index in [-0.39, 0.29) is 5.69 Å². The van der Waals surface area contributed by atoms with Crippen molar-refractivity contribution in [2.24, 2.45) is 0 Å². The summed E-state index contributed by atoms with van der Waals surface area (Å²) in [6.45, 7) is 8.66. The smallest absolute Gasteiger partial charge is 0.151 e. The number of benzene rings is 1. The first kappa shape index (κ1) is 20.9. The normalized spacial score (nSPS) is 16.0. The van der Waals surface area contributed by atoms with Crippen LogP contribution in [0, 0.1) is 25.5 Å². The first-order chi connectivity index (χ1) is 13.5. The van der Waals surface area contributed by atoms with Crippen molar-refractivity contribution in [3.63, 3.8) is 0 Å². The van der Waals surface area contributed by atoms with Crippen LogP contribution in [0.2, 0.25) is 0 Å². The molecular formula is C21H30F2N4O. The Morgan fingerprint density at radius 2 is 1.96 bits per heavy atom. The summed E-state index contributed by atoms with van der Waals surface area (Å²) in [6.07, 6.45) is 3.31. The van der Waals surface area contributed by atoms with Gasteiger partial charge in [0.15, 0.2) is 5.82 Å². The Bertz CT molecular complexity index is 785. The molecule has 1 aliphatic heterocycles. The van der Waals surface area contributed by atoms with Crippen LogP contribution in [0.25, 0.3) is 5.69 Å². The summed E-state index contributed by atoms with van der Waals surface area (Å²) < 4.78 is 34.0. The van der Waals surface area contributed by atoms with Gasteiger partial charge in [-0.05, 0) is 58.3 Å². The number of ether oxygens (including phenoxy) is 1. The summed E-state index contributed by atoms with van der Waals surface area (Å²) in [5, 5.41) is 8.12. The van der Waals surface area contributed by atoms with Crippen molar-refractivity contribution >= 4 is 0 Å². The minimum atomic E-state index is -0.606. The quantitative estimate of drug-likeness (QED) is 0.700. The second-order valence-corrected chi connectivity index (χ2v) is 7.50. The summed E-state index contributed by atoms with van der Waals surface area (Å²) >= 11 is 0. The van der Waals surface area contributed by atoms with Gasteiger partial charge >= 0.3 is 0 Å². The van der Waals surface area contributed by atoms with Crippen LogP contribution in [0.5, 0.6) is 0 Å². The molecule has 0 aliphatic carbocycles. The van der Waals surface area contributed by atoms with Crippen LogP contribution >= 0.6 is 0 Å². The van der Waals surface area contributed by atoms with E-state index in [9.17, 15) is 8.78 Å². The van der Waals surface area contributed by atoms with E-state index in [1.165, 1.54) is 12.1 Å². The predicted octanol–water partition coefficient (Wildman–Crippen LogP) is 3.36. The molecule has 0 amide bonds. The Labute approximate surface area is 165 Å². The van der Waals surface area contributed by atoms with E-state index in [4.69, 9.17) is 4.74 Å². The number of nitrogens with zero attached hydrogens (tertiary/aromatic N) is 3. The predicted molar refractivity (Wildman–Crippen MR) is 106 cm³/mol. The number of rotatable bonds is 8. The van der Waals surface area contributed by atoms with Gasteiger partial charge in [0.25, 0.3) is 0 Å². The molecule has 1 aromatic heterocycles. The standard InChI is InChI=1S/C21H30F2N4O/c1-15-19(14-24-18-7-10-26(11-8-18)9-4-12-28-3)16(2)27(25-15)21-6-5-17(22)13-20(21)23/h5-6,13,18,24H,4,7-12,14H2,1-3H3. The zero-order valence-electron chi connectivity index (χ0n) is 17.0. The highest BCUT2D eigenvalue weighted by Crippen LogP contribution is 2.21. The molecule has 1 saturated heterocycles. The van der Waals surface area contributed by atoms with Crippen molar-refractivity contribution in [2.75, 3.05) is 33.4 Å². The van der Waals surface area contributed by atoms with Crippen molar-refractivity contribution in [1.29, 1.82) is 0 Å². The molecule has 7 heteroatoms. The highest BCUT2D eigenvalue weighted by atomic mass is 19.1. The number of hydrogen-bond acceptors (Lipinski definition) is 4. The van der Waals surface area contributed by atoms with Crippen LogP contribution in [0.15, 0.2) is 18.2 Å². The van der Waals surface area contributed by atoms with E-state index in [2.05, 4.69) is 15.3 Å². The molecule has 0 saturated carbocycles. The van der Waals surface area contributed by atoms with Crippen molar-refractivity contribution in [3.05, 3.63) is 46.8 Å². The molecule has 1 N–H and O–H groups in total. The van der Waals surface area contributed by atoms with Crippen LogP contribution < -0.4 is 5.32 Å². The molecular weight excluding hydrogens is 362 g/mol. The number of hydrogen-bond donors (Lipinski definition) is 1. The lowest BCUT2D eigenvalue weighted by Gasteiger charge is -2.32. The molecule has 0 atom stereocenters. The van der Waals surface area contributed by atoms with Gasteiger partial charge in [-0.3, -0.25) is 0 Å². The molecule has 1 aliphatic rings. The molecule has 0 unspecified atom stereocenters. The van der Waals surface area contributed by atoms with Gasteiger partial charge in [-0.1, -0.05) is 0 Å². The fourth-order valence-corrected chi connectivity index (χ4v) is 3.86. The van der Waals surface area contributed by atoms with Crippen molar-refractivity contribution < 1.29 is 13.5 Å². The van der Waals surface area contributed by atoms with Gasteiger partial charge < -0.3 is 15.0 Å². The van der Waals surface area contributed by atoms with E-state index in [1.807, 2.05) is 13.8 Å². The first-order valence-electron chi connectivity index (χ1n) is 9.94. The lowest BCUT2D eigenvalue weighted by molar-refractivity contribution is 0.152. The van der Waals surface area contributed by atoms with E-state index in [0.29, 0.717) is 12.6 Å². The molecule has 5 nitrogen and oxygen atoms in total. The van der Waals surface area contributed by atoms with Crippen molar-refractivity contribution in [1.82, 2.24) is 20.0 Å². The average Bonchev–Trinajstić information content (AvgIpc) is 2.95. The van der Waals surface area contributed by atoms with Crippen LogP contribution in [-0.4, -0.2) is 54.1 Å². The molecule has 0 radical (unpaired) electrons. The molecule has 0 bridgehead atoms. The Kier molecular flexibility index (Phi) is 7.15. The van der Waals surface area contributed by atoms with E-state index >= 15 is 0 Å². The summed E-state index contributed by atoms with van der Waals surface area (Å²) in [4.78, 5) is 2.49. The largest absolute Gasteiger partial charge is 0.385 e. The zero-order chi connectivity index (χ0) is 20.1. The number of piperidine rings is 1. The lowest BCUT2D eigenvalue weighted by Crippen LogP contribution is -2.42. The van der Waals surface area contributed by atoms with E-state index in [1.54, 1.807) is 11.8 Å². The van der Waals surface area contributed by atoms with Gasteiger partial charge in [0.2, 0.25) is 0 Å². The van der Waals surface area contributed by atoms with Crippen molar-refractivity contribution in [3.8, 4) is 5.69 Å². The Hall–Kier alpha value is -1.83. The molecule has 3 rings (SSSR count). The highest BCUT2D eigenvalue weighted by Gasteiger charge is 2.20. The number of aryl methyl sites for hydroxylation is 1. The number of nitrogens with one attached hydrogen (secondary N) is 1. The SMILES string of the molecule is COCCCN1CCC(NCc2c(C)nn(-c3ccc(F)cc3F)c2C)CC1. The summed E-state index contributed by atoms with van der Waals surface area (Å²) in [7, 11) is 1.74. The Morgan fingerprint density at radius 3 is 2.64 bits per heavy atom. The zero-order valence-corrected chi connectivity index (χ0v) is 17.0. The van der Waals surface area contributed by atoms with Gasteiger partial charge in [0.05, 0.1) is 5.69 Å². The van der Waals surface area contributed by atoms with Crippen LogP contribution in [0.1, 0.15) is 36.2 Å². The third-order valence-electron chi connectivity index (χ3n) is 5.56. The van der Waals surface area contributed by atoms with Gasteiger partial charge in [-0.25, -0.2) is 13.5 Å². The summed E-state index contributed by atoms with van der Waals surface area (Å²) in [5.41, 5.74) is 3.10. The molecule has 1 fully saturated rings. The van der Waals surface area contributed by atoms with Gasteiger partial charge in [0.1, 0.15) is 11.5 Å². The van der Waals surface area contributed by atoms with Gasteiger partial charge in [-0.15, -0.1) is 0 Å². The van der Waals surface area contributed by atoms with Crippen LogP contribution in [0.3, 0.4) is 0 Å². The fourth-order valence-electron chi connectivity index (χ4n) is 3.86. The summed E-state index contributed by atoms with van der Waals surface area (Å²) in [6, 6.07) is 4.06. The van der Waals surface area contributed by atoms with E-state index < -0.39 is 11.6 Å². The number of halogens is 2. The Balaban J connectivity index is 1.58. The van der Waals surface area contributed by atoms with E-state index in [0.717, 1.165) is 68.5 Å². The molecule has 0 spiro atoms.